The molecule has 2 rings (SSSR count). The standard InChI is InChI=1S/C10H14BrN3/c1-7-12-8(11)6-9(13-7)14-10(2)4-3-5-10/h6H,3-5H2,1-2H3,(H,12,13,14). The van der Waals surface area contributed by atoms with Gasteiger partial charge in [0.25, 0.3) is 0 Å². The molecular weight excluding hydrogens is 242 g/mol. The SMILES string of the molecule is Cc1nc(Br)cc(NC2(C)CCC2)n1. The van der Waals surface area contributed by atoms with Gasteiger partial charge in [-0.25, -0.2) is 9.97 Å². The summed E-state index contributed by atoms with van der Waals surface area (Å²) < 4.78 is 0.843. The van der Waals surface area contributed by atoms with Crippen LogP contribution in [-0.2, 0) is 0 Å². The smallest absolute Gasteiger partial charge is 0.131 e. The van der Waals surface area contributed by atoms with Crippen molar-refractivity contribution >= 4 is 21.7 Å². The van der Waals surface area contributed by atoms with Gasteiger partial charge in [-0.05, 0) is 49.0 Å². The Morgan fingerprint density at radius 2 is 2.14 bits per heavy atom. The number of aromatic nitrogens is 2. The second-order valence-electron chi connectivity index (χ2n) is 4.16. The number of aryl methyl sites for hydroxylation is 1. The molecule has 1 aromatic rings. The normalized spacial score (nSPS) is 18.8. The Kier molecular flexibility index (Phi) is 2.47. The van der Waals surface area contributed by atoms with Crippen molar-refractivity contribution in [2.75, 3.05) is 5.32 Å². The van der Waals surface area contributed by atoms with E-state index in [1.54, 1.807) is 0 Å². The van der Waals surface area contributed by atoms with Gasteiger partial charge in [0.2, 0.25) is 0 Å². The molecule has 0 bridgehead atoms. The van der Waals surface area contributed by atoms with Crippen molar-refractivity contribution < 1.29 is 0 Å². The van der Waals surface area contributed by atoms with Crippen LogP contribution in [0.4, 0.5) is 5.82 Å². The molecule has 0 atom stereocenters. The summed E-state index contributed by atoms with van der Waals surface area (Å²) in [7, 11) is 0. The largest absolute Gasteiger partial charge is 0.365 e. The third-order valence-corrected chi connectivity index (χ3v) is 3.10. The topological polar surface area (TPSA) is 37.8 Å². The van der Waals surface area contributed by atoms with Gasteiger partial charge in [0.05, 0.1) is 0 Å². The van der Waals surface area contributed by atoms with Gasteiger partial charge in [0, 0.05) is 11.6 Å². The Hall–Kier alpha value is -0.640. The van der Waals surface area contributed by atoms with Gasteiger partial charge in [0.1, 0.15) is 16.2 Å². The van der Waals surface area contributed by atoms with Crippen LogP contribution in [0, 0.1) is 6.92 Å². The first-order valence-corrected chi connectivity index (χ1v) is 5.66. The second-order valence-corrected chi connectivity index (χ2v) is 4.97. The van der Waals surface area contributed by atoms with E-state index in [4.69, 9.17) is 0 Å². The molecule has 1 fully saturated rings. The van der Waals surface area contributed by atoms with E-state index in [1.165, 1.54) is 19.3 Å². The van der Waals surface area contributed by atoms with E-state index in [9.17, 15) is 0 Å². The zero-order valence-electron chi connectivity index (χ0n) is 8.47. The van der Waals surface area contributed by atoms with Gasteiger partial charge in [-0.1, -0.05) is 0 Å². The van der Waals surface area contributed by atoms with Crippen molar-refractivity contribution in [2.45, 2.75) is 38.6 Å². The molecule has 3 nitrogen and oxygen atoms in total. The molecule has 14 heavy (non-hydrogen) atoms. The molecule has 0 unspecified atom stereocenters. The number of nitrogens with zero attached hydrogens (tertiary/aromatic N) is 2. The summed E-state index contributed by atoms with van der Waals surface area (Å²) in [6.45, 7) is 4.14. The predicted octanol–water partition coefficient (Wildman–Crippen LogP) is 2.90. The van der Waals surface area contributed by atoms with Crippen LogP contribution in [0.5, 0.6) is 0 Å². The first kappa shape index (κ1) is 9.90. The highest BCUT2D eigenvalue weighted by atomic mass is 79.9. The van der Waals surface area contributed by atoms with E-state index in [0.717, 1.165) is 16.2 Å². The summed E-state index contributed by atoms with van der Waals surface area (Å²) >= 11 is 3.37. The van der Waals surface area contributed by atoms with Gasteiger partial charge in [0.15, 0.2) is 0 Å². The molecule has 0 spiro atoms. The minimum absolute atomic E-state index is 0.250. The fourth-order valence-corrected chi connectivity index (χ4v) is 2.21. The van der Waals surface area contributed by atoms with E-state index in [1.807, 2.05) is 13.0 Å². The number of rotatable bonds is 2. The molecule has 0 aromatic carbocycles. The average molecular weight is 256 g/mol. The summed E-state index contributed by atoms with van der Waals surface area (Å²) in [6, 6.07) is 1.93. The monoisotopic (exact) mass is 255 g/mol. The Balaban J connectivity index is 2.16. The molecule has 4 heteroatoms. The van der Waals surface area contributed by atoms with Gasteiger partial charge in [-0.15, -0.1) is 0 Å². The molecule has 0 radical (unpaired) electrons. The maximum absolute atomic E-state index is 4.35. The first-order valence-electron chi connectivity index (χ1n) is 4.87. The zero-order chi connectivity index (χ0) is 10.2. The summed E-state index contributed by atoms with van der Waals surface area (Å²) in [5.41, 5.74) is 0.250. The van der Waals surface area contributed by atoms with E-state index >= 15 is 0 Å². The molecule has 1 aromatic heterocycles. The molecule has 76 valence electrons. The van der Waals surface area contributed by atoms with Crippen LogP contribution >= 0.6 is 15.9 Å². The molecule has 1 aliphatic carbocycles. The van der Waals surface area contributed by atoms with Gasteiger partial charge in [-0.3, -0.25) is 0 Å². The predicted molar refractivity (Wildman–Crippen MR) is 60.3 cm³/mol. The molecule has 1 heterocycles. The van der Waals surface area contributed by atoms with E-state index in [-0.39, 0.29) is 5.54 Å². The Bertz CT molecular complexity index is 327. The molecule has 1 saturated carbocycles. The van der Waals surface area contributed by atoms with Crippen LogP contribution in [0.1, 0.15) is 32.0 Å². The van der Waals surface area contributed by atoms with Crippen molar-refractivity contribution in [1.82, 2.24) is 9.97 Å². The van der Waals surface area contributed by atoms with Crippen molar-refractivity contribution in [3.8, 4) is 0 Å². The number of halogens is 1. The quantitative estimate of drug-likeness (QED) is 0.827. The molecule has 0 saturated heterocycles. The highest BCUT2D eigenvalue weighted by molar-refractivity contribution is 9.10. The third kappa shape index (κ3) is 2.05. The van der Waals surface area contributed by atoms with Gasteiger partial charge >= 0.3 is 0 Å². The lowest BCUT2D eigenvalue weighted by Gasteiger charge is -2.39. The third-order valence-electron chi connectivity index (χ3n) is 2.69. The highest BCUT2D eigenvalue weighted by Crippen LogP contribution is 2.34. The van der Waals surface area contributed by atoms with Crippen molar-refractivity contribution in [3.05, 3.63) is 16.5 Å². The van der Waals surface area contributed by atoms with Crippen molar-refractivity contribution in [3.63, 3.8) is 0 Å². The first-order chi connectivity index (χ1) is 6.57. The fourth-order valence-electron chi connectivity index (χ4n) is 1.74. The minimum atomic E-state index is 0.250. The Labute approximate surface area is 92.5 Å². The number of hydrogen-bond acceptors (Lipinski definition) is 3. The summed E-state index contributed by atoms with van der Waals surface area (Å²) in [5, 5.41) is 3.46. The van der Waals surface area contributed by atoms with Gasteiger partial charge in [-0.2, -0.15) is 0 Å². The minimum Gasteiger partial charge on any atom is -0.365 e. The Morgan fingerprint density at radius 1 is 1.43 bits per heavy atom. The van der Waals surface area contributed by atoms with Crippen LogP contribution < -0.4 is 5.32 Å². The van der Waals surface area contributed by atoms with Crippen molar-refractivity contribution in [2.24, 2.45) is 0 Å². The Morgan fingerprint density at radius 3 is 2.64 bits per heavy atom. The highest BCUT2D eigenvalue weighted by Gasteiger charge is 2.31. The van der Waals surface area contributed by atoms with E-state index in [0.29, 0.717) is 0 Å². The van der Waals surface area contributed by atoms with Crippen LogP contribution in [0.15, 0.2) is 10.7 Å². The second kappa shape index (κ2) is 3.50. The molecular formula is C10H14BrN3. The lowest BCUT2D eigenvalue weighted by Crippen LogP contribution is -2.41. The molecule has 1 aliphatic rings. The summed E-state index contributed by atoms with van der Waals surface area (Å²) in [4.78, 5) is 8.52. The molecule has 0 aliphatic heterocycles. The van der Waals surface area contributed by atoms with Crippen LogP contribution in [0.3, 0.4) is 0 Å². The van der Waals surface area contributed by atoms with Crippen LogP contribution in [0.2, 0.25) is 0 Å². The number of hydrogen-bond donors (Lipinski definition) is 1. The van der Waals surface area contributed by atoms with Crippen LogP contribution in [0.25, 0.3) is 0 Å². The van der Waals surface area contributed by atoms with Gasteiger partial charge < -0.3 is 5.32 Å². The number of nitrogens with one attached hydrogen (secondary N) is 1. The molecule has 0 amide bonds. The van der Waals surface area contributed by atoms with E-state index in [2.05, 4.69) is 38.1 Å². The molecule has 1 N–H and O–H groups in total. The zero-order valence-corrected chi connectivity index (χ0v) is 10.1. The maximum atomic E-state index is 4.35. The number of anilines is 1. The lowest BCUT2D eigenvalue weighted by atomic mass is 9.78. The maximum Gasteiger partial charge on any atom is 0.131 e. The lowest BCUT2D eigenvalue weighted by molar-refractivity contribution is 0.305. The van der Waals surface area contributed by atoms with E-state index < -0.39 is 0 Å². The van der Waals surface area contributed by atoms with Crippen molar-refractivity contribution in [1.29, 1.82) is 0 Å². The average Bonchev–Trinajstić information content (AvgIpc) is 1.99. The fraction of sp³-hybridized carbons (Fsp3) is 0.600. The summed E-state index contributed by atoms with van der Waals surface area (Å²) in [6.07, 6.45) is 3.77. The van der Waals surface area contributed by atoms with Crippen LogP contribution in [-0.4, -0.2) is 15.5 Å². The summed E-state index contributed by atoms with van der Waals surface area (Å²) in [5.74, 6) is 1.72.